The van der Waals surface area contributed by atoms with Crippen LogP contribution in [0.5, 0.6) is 5.75 Å². The summed E-state index contributed by atoms with van der Waals surface area (Å²) in [6, 6.07) is 13.4. The van der Waals surface area contributed by atoms with Crippen LogP contribution in [0.1, 0.15) is 24.0 Å². The molecule has 4 heteroatoms. The quantitative estimate of drug-likeness (QED) is 0.780. The first kappa shape index (κ1) is 16.4. The van der Waals surface area contributed by atoms with Crippen molar-refractivity contribution < 1.29 is 9.53 Å². The molecule has 0 aliphatic heterocycles. The van der Waals surface area contributed by atoms with Crippen molar-refractivity contribution in [3.8, 4) is 5.75 Å². The highest BCUT2D eigenvalue weighted by molar-refractivity contribution is 6.31. The van der Waals surface area contributed by atoms with Gasteiger partial charge in [-0.2, -0.15) is 0 Å². The van der Waals surface area contributed by atoms with E-state index in [0.717, 1.165) is 17.0 Å². The second kappa shape index (κ2) is 7.85. The molecule has 1 N–H and O–H groups in total. The monoisotopic (exact) mass is 317 g/mol. The Morgan fingerprint density at radius 3 is 2.59 bits per heavy atom. The molecule has 0 aliphatic carbocycles. The van der Waals surface area contributed by atoms with Crippen molar-refractivity contribution in [1.82, 2.24) is 0 Å². The summed E-state index contributed by atoms with van der Waals surface area (Å²) in [5.41, 5.74) is 2.84. The van der Waals surface area contributed by atoms with E-state index < -0.39 is 0 Å². The summed E-state index contributed by atoms with van der Waals surface area (Å²) in [5.74, 6) is 0.801. The molecule has 0 aliphatic rings. The molecule has 0 radical (unpaired) electrons. The Balaban J connectivity index is 1.74. The summed E-state index contributed by atoms with van der Waals surface area (Å²) in [6.45, 7) is 4.44. The molecule has 0 spiro atoms. The van der Waals surface area contributed by atoms with Crippen molar-refractivity contribution in [3.05, 3.63) is 58.6 Å². The molecule has 0 fully saturated rings. The van der Waals surface area contributed by atoms with Crippen molar-refractivity contribution >= 4 is 23.2 Å². The van der Waals surface area contributed by atoms with E-state index in [0.29, 0.717) is 24.5 Å². The number of anilines is 1. The van der Waals surface area contributed by atoms with Crippen LogP contribution < -0.4 is 10.1 Å². The first-order valence-corrected chi connectivity index (χ1v) is 7.68. The molecule has 0 saturated heterocycles. The van der Waals surface area contributed by atoms with Gasteiger partial charge in [0.05, 0.1) is 6.61 Å². The largest absolute Gasteiger partial charge is 0.494 e. The lowest BCUT2D eigenvalue weighted by atomic mass is 10.2. The second-order valence-electron chi connectivity index (χ2n) is 5.23. The van der Waals surface area contributed by atoms with E-state index in [2.05, 4.69) is 5.32 Å². The van der Waals surface area contributed by atoms with Gasteiger partial charge in [-0.1, -0.05) is 35.4 Å². The van der Waals surface area contributed by atoms with Crippen molar-refractivity contribution in [2.24, 2.45) is 0 Å². The highest BCUT2D eigenvalue weighted by Crippen LogP contribution is 2.23. The number of halogens is 1. The molecule has 22 heavy (non-hydrogen) atoms. The Kier molecular flexibility index (Phi) is 5.84. The number of carbonyl (C=O) groups excluding carboxylic acids is 1. The fraction of sp³-hybridized carbons (Fsp3) is 0.278. The third-order valence-electron chi connectivity index (χ3n) is 3.38. The summed E-state index contributed by atoms with van der Waals surface area (Å²) in [5, 5.41) is 3.53. The zero-order valence-corrected chi connectivity index (χ0v) is 13.6. The van der Waals surface area contributed by atoms with Gasteiger partial charge in [-0.05, 0) is 50.1 Å². The van der Waals surface area contributed by atoms with Crippen molar-refractivity contribution in [2.75, 3.05) is 11.9 Å². The molecule has 0 bridgehead atoms. The van der Waals surface area contributed by atoms with E-state index in [1.165, 1.54) is 5.56 Å². The van der Waals surface area contributed by atoms with Crippen LogP contribution in [0, 0.1) is 13.8 Å². The summed E-state index contributed by atoms with van der Waals surface area (Å²) in [6.07, 6.45) is 1.08. The SMILES string of the molecule is Cc1ccc(OCCCC(=O)Nc2cccc(Cl)c2C)cc1. The van der Waals surface area contributed by atoms with E-state index >= 15 is 0 Å². The minimum atomic E-state index is -0.0297. The molecule has 0 aromatic heterocycles. The number of hydrogen-bond acceptors (Lipinski definition) is 2. The number of ether oxygens (including phenoxy) is 1. The smallest absolute Gasteiger partial charge is 0.224 e. The first-order valence-electron chi connectivity index (χ1n) is 7.30. The lowest BCUT2D eigenvalue weighted by Gasteiger charge is -2.10. The molecule has 116 valence electrons. The topological polar surface area (TPSA) is 38.3 Å². The number of hydrogen-bond donors (Lipinski definition) is 1. The Labute approximate surface area is 136 Å². The summed E-state index contributed by atoms with van der Waals surface area (Å²) < 4.78 is 5.60. The number of aryl methyl sites for hydroxylation is 1. The lowest BCUT2D eigenvalue weighted by Crippen LogP contribution is -2.13. The molecule has 2 rings (SSSR count). The maximum atomic E-state index is 11.9. The summed E-state index contributed by atoms with van der Waals surface area (Å²) in [7, 11) is 0. The number of carbonyl (C=O) groups is 1. The Hall–Kier alpha value is -2.00. The van der Waals surface area contributed by atoms with Gasteiger partial charge in [0.25, 0.3) is 0 Å². The van der Waals surface area contributed by atoms with Gasteiger partial charge in [-0.25, -0.2) is 0 Å². The lowest BCUT2D eigenvalue weighted by molar-refractivity contribution is -0.116. The van der Waals surface area contributed by atoms with E-state index in [1.54, 1.807) is 0 Å². The van der Waals surface area contributed by atoms with Gasteiger partial charge < -0.3 is 10.1 Å². The predicted molar refractivity (Wildman–Crippen MR) is 90.7 cm³/mol. The van der Waals surface area contributed by atoms with E-state index in [4.69, 9.17) is 16.3 Å². The van der Waals surface area contributed by atoms with Gasteiger partial charge in [-0.15, -0.1) is 0 Å². The normalized spacial score (nSPS) is 10.3. The van der Waals surface area contributed by atoms with Gasteiger partial charge in [0.2, 0.25) is 5.91 Å². The second-order valence-corrected chi connectivity index (χ2v) is 5.63. The van der Waals surface area contributed by atoms with Crippen molar-refractivity contribution in [1.29, 1.82) is 0 Å². The van der Waals surface area contributed by atoms with Gasteiger partial charge in [-0.3, -0.25) is 4.79 Å². The molecule has 0 heterocycles. The van der Waals surface area contributed by atoms with Crippen molar-refractivity contribution in [3.63, 3.8) is 0 Å². The third kappa shape index (κ3) is 4.78. The Morgan fingerprint density at radius 1 is 1.14 bits per heavy atom. The van der Waals surface area contributed by atoms with Crippen LogP contribution in [0.2, 0.25) is 5.02 Å². The minimum absolute atomic E-state index is 0.0297. The zero-order chi connectivity index (χ0) is 15.9. The van der Waals surface area contributed by atoms with Crippen LogP contribution in [0.25, 0.3) is 0 Å². The third-order valence-corrected chi connectivity index (χ3v) is 3.79. The van der Waals surface area contributed by atoms with Crippen LogP contribution in [-0.2, 0) is 4.79 Å². The molecule has 2 aromatic rings. The average molecular weight is 318 g/mol. The van der Waals surface area contributed by atoms with E-state index in [9.17, 15) is 4.79 Å². The van der Waals surface area contributed by atoms with Crippen LogP contribution in [-0.4, -0.2) is 12.5 Å². The summed E-state index contributed by atoms with van der Waals surface area (Å²) in [4.78, 5) is 11.9. The van der Waals surface area contributed by atoms with Gasteiger partial charge in [0.1, 0.15) is 5.75 Å². The van der Waals surface area contributed by atoms with Crippen LogP contribution >= 0.6 is 11.6 Å². The number of amides is 1. The summed E-state index contributed by atoms with van der Waals surface area (Å²) >= 11 is 6.03. The van der Waals surface area contributed by atoms with Gasteiger partial charge >= 0.3 is 0 Å². The average Bonchev–Trinajstić information content (AvgIpc) is 2.50. The molecule has 0 unspecified atom stereocenters. The van der Waals surface area contributed by atoms with E-state index in [-0.39, 0.29) is 5.91 Å². The highest BCUT2D eigenvalue weighted by Gasteiger charge is 2.06. The highest BCUT2D eigenvalue weighted by atomic mass is 35.5. The molecule has 1 amide bonds. The standard InChI is InChI=1S/C18H20ClNO2/c1-13-8-10-15(11-9-13)22-12-4-7-18(21)20-17-6-3-5-16(19)14(17)2/h3,5-6,8-11H,4,7,12H2,1-2H3,(H,20,21). The molecule has 0 atom stereocenters. The van der Waals surface area contributed by atoms with Gasteiger partial charge in [0.15, 0.2) is 0 Å². The fourth-order valence-corrected chi connectivity index (χ4v) is 2.19. The minimum Gasteiger partial charge on any atom is -0.494 e. The maximum Gasteiger partial charge on any atom is 0.224 e. The Bertz CT molecular complexity index is 638. The molecule has 0 saturated carbocycles. The van der Waals surface area contributed by atoms with Gasteiger partial charge in [0, 0.05) is 17.1 Å². The maximum absolute atomic E-state index is 11.9. The predicted octanol–water partition coefficient (Wildman–Crippen LogP) is 4.75. The fourth-order valence-electron chi connectivity index (χ4n) is 2.01. The zero-order valence-electron chi connectivity index (χ0n) is 12.9. The number of nitrogens with one attached hydrogen (secondary N) is 1. The van der Waals surface area contributed by atoms with Crippen LogP contribution in [0.3, 0.4) is 0 Å². The van der Waals surface area contributed by atoms with Crippen molar-refractivity contribution in [2.45, 2.75) is 26.7 Å². The molecule has 2 aromatic carbocycles. The Morgan fingerprint density at radius 2 is 1.86 bits per heavy atom. The molecular weight excluding hydrogens is 298 g/mol. The van der Waals surface area contributed by atoms with Crippen LogP contribution in [0.4, 0.5) is 5.69 Å². The first-order chi connectivity index (χ1) is 10.6. The number of rotatable bonds is 6. The van der Waals surface area contributed by atoms with Crippen LogP contribution in [0.15, 0.2) is 42.5 Å². The van der Waals surface area contributed by atoms with E-state index in [1.807, 2.05) is 56.3 Å². The molecular formula is C18H20ClNO2. The number of benzene rings is 2. The molecule has 3 nitrogen and oxygen atoms in total.